The fourth-order valence-corrected chi connectivity index (χ4v) is 2.22. The van der Waals surface area contributed by atoms with Gasteiger partial charge in [-0.25, -0.2) is 0 Å². The second-order valence-electron chi connectivity index (χ2n) is 5.55. The van der Waals surface area contributed by atoms with Crippen LogP contribution in [0.1, 0.15) is 33.6 Å². The Morgan fingerprint density at radius 2 is 1.81 bits per heavy atom. The van der Waals surface area contributed by atoms with Crippen molar-refractivity contribution >= 4 is 6.01 Å². The summed E-state index contributed by atoms with van der Waals surface area (Å²) in [5.74, 6) is 0.612. The van der Waals surface area contributed by atoms with E-state index in [-0.39, 0.29) is 10.8 Å². The average Bonchev–Trinajstić information content (AvgIpc) is 2.58. The summed E-state index contributed by atoms with van der Waals surface area (Å²) in [6.07, 6.45) is 0. The minimum absolute atomic E-state index is 0.268. The van der Waals surface area contributed by atoms with Crippen molar-refractivity contribution in [2.75, 3.05) is 12.4 Å². The van der Waals surface area contributed by atoms with Crippen LogP contribution in [-0.4, -0.2) is 23.3 Å². The molecule has 0 aromatic carbocycles. The van der Waals surface area contributed by atoms with E-state index < -0.39 is 0 Å². The van der Waals surface area contributed by atoms with E-state index in [2.05, 4.69) is 48.5 Å². The van der Waals surface area contributed by atoms with Gasteiger partial charge in [0.2, 0.25) is 5.89 Å². The van der Waals surface area contributed by atoms with Crippen molar-refractivity contribution in [1.29, 1.82) is 0 Å². The summed E-state index contributed by atoms with van der Waals surface area (Å²) in [5.41, 5.74) is 0.537. The Morgan fingerprint density at radius 3 is 2.31 bits per heavy atom. The fourth-order valence-electron chi connectivity index (χ4n) is 2.22. The van der Waals surface area contributed by atoms with Crippen molar-refractivity contribution in [3.8, 4) is 0 Å². The molecule has 1 aliphatic rings. The topological polar surface area (TPSA) is 63.0 Å². The molecule has 0 aliphatic heterocycles. The third kappa shape index (κ3) is 1.59. The van der Waals surface area contributed by atoms with Crippen LogP contribution < -0.4 is 10.6 Å². The molecule has 2 N–H and O–H groups in total. The molecule has 1 fully saturated rings. The highest BCUT2D eigenvalue weighted by Gasteiger charge is 2.65. The van der Waals surface area contributed by atoms with Gasteiger partial charge < -0.3 is 15.1 Å². The minimum Gasteiger partial charge on any atom is -0.407 e. The largest absolute Gasteiger partial charge is 0.407 e. The van der Waals surface area contributed by atoms with Crippen molar-refractivity contribution in [2.24, 2.45) is 10.8 Å². The van der Waals surface area contributed by atoms with E-state index in [4.69, 9.17) is 4.42 Å². The highest BCUT2D eigenvalue weighted by atomic mass is 16.4. The lowest BCUT2D eigenvalue weighted by atomic mass is 10.0. The molecule has 1 heterocycles. The molecule has 0 spiro atoms. The lowest BCUT2D eigenvalue weighted by Gasteiger charge is -2.02. The lowest BCUT2D eigenvalue weighted by Crippen LogP contribution is -2.10. The molecule has 0 radical (unpaired) electrons. The van der Waals surface area contributed by atoms with Crippen LogP contribution in [0.25, 0.3) is 0 Å². The van der Waals surface area contributed by atoms with Gasteiger partial charge in [0.05, 0.1) is 6.54 Å². The maximum atomic E-state index is 5.47. The van der Waals surface area contributed by atoms with Gasteiger partial charge in [0.1, 0.15) is 0 Å². The molecule has 90 valence electrons. The second-order valence-corrected chi connectivity index (χ2v) is 5.55. The van der Waals surface area contributed by atoms with E-state index in [1.165, 1.54) is 0 Å². The maximum Gasteiger partial charge on any atom is 0.315 e. The van der Waals surface area contributed by atoms with Gasteiger partial charge in [0.15, 0.2) is 0 Å². The molecule has 0 bridgehead atoms. The number of anilines is 1. The monoisotopic (exact) mass is 224 g/mol. The molecule has 5 nitrogen and oxygen atoms in total. The molecule has 0 atom stereocenters. The van der Waals surface area contributed by atoms with E-state index in [1.807, 2.05) is 7.05 Å². The van der Waals surface area contributed by atoms with Crippen LogP contribution in [0.15, 0.2) is 4.42 Å². The van der Waals surface area contributed by atoms with E-state index in [1.54, 1.807) is 0 Å². The molecule has 1 saturated carbocycles. The molecule has 1 aliphatic carbocycles. The van der Waals surface area contributed by atoms with Crippen LogP contribution in [0.3, 0.4) is 0 Å². The van der Waals surface area contributed by atoms with E-state index in [0.29, 0.717) is 24.5 Å². The predicted octanol–water partition coefficient (Wildman–Crippen LogP) is 1.64. The Morgan fingerprint density at radius 1 is 1.19 bits per heavy atom. The van der Waals surface area contributed by atoms with Crippen molar-refractivity contribution in [3.05, 3.63) is 5.89 Å². The summed E-state index contributed by atoms with van der Waals surface area (Å²) < 4.78 is 5.47. The Hall–Kier alpha value is -1.10. The highest BCUT2D eigenvalue weighted by Crippen LogP contribution is 2.63. The van der Waals surface area contributed by atoms with Crippen LogP contribution >= 0.6 is 0 Å². The van der Waals surface area contributed by atoms with E-state index in [0.717, 1.165) is 0 Å². The number of hydrogen-bond donors (Lipinski definition) is 2. The number of rotatable bonds is 4. The number of hydrogen-bond acceptors (Lipinski definition) is 5. The lowest BCUT2D eigenvalue weighted by molar-refractivity contribution is 0.457. The van der Waals surface area contributed by atoms with Crippen LogP contribution in [0.5, 0.6) is 0 Å². The molecule has 2 rings (SSSR count). The van der Waals surface area contributed by atoms with Crippen molar-refractivity contribution in [2.45, 2.75) is 40.3 Å². The zero-order valence-electron chi connectivity index (χ0n) is 10.6. The first-order valence-electron chi connectivity index (χ1n) is 5.63. The smallest absolute Gasteiger partial charge is 0.315 e. The summed E-state index contributed by atoms with van der Waals surface area (Å²) in [7, 11) is 1.85. The molecule has 5 heteroatoms. The van der Waals surface area contributed by atoms with Crippen LogP contribution in [0.4, 0.5) is 6.01 Å². The number of aromatic nitrogens is 2. The van der Waals surface area contributed by atoms with Gasteiger partial charge in [-0.3, -0.25) is 0 Å². The first kappa shape index (κ1) is 11.4. The highest BCUT2D eigenvalue weighted by molar-refractivity contribution is 5.33. The van der Waals surface area contributed by atoms with Gasteiger partial charge in [0, 0.05) is 6.04 Å². The fraction of sp³-hybridized carbons (Fsp3) is 0.818. The number of nitrogens with zero attached hydrogens (tertiary/aromatic N) is 2. The summed E-state index contributed by atoms with van der Waals surface area (Å²) in [6, 6.07) is 0.914. The molecule has 16 heavy (non-hydrogen) atoms. The average molecular weight is 224 g/mol. The second kappa shape index (κ2) is 3.45. The molecule has 1 aromatic rings. The van der Waals surface area contributed by atoms with E-state index in [9.17, 15) is 0 Å². The molecule has 1 aromatic heterocycles. The summed E-state index contributed by atoms with van der Waals surface area (Å²) in [4.78, 5) is 0. The third-order valence-electron chi connectivity index (χ3n) is 4.08. The Labute approximate surface area is 96.0 Å². The van der Waals surface area contributed by atoms with Crippen LogP contribution in [0, 0.1) is 10.8 Å². The standard InChI is InChI=1S/C11H20N4O/c1-10(2)8(11(10,3)4)13-9-15-14-7(16-9)6-12-5/h8,12H,6H2,1-5H3,(H,13,15). The summed E-state index contributed by atoms with van der Waals surface area (Å²) in [6.45, 7) is 9.59. The molecular weight excluding hydrogens is 204 g/mol. The van der Waals surface area contributed by atoms with Crippen molar-refractivity contribution < 1.29 is 4.42 Å². The van der Waals surface area contributed by atoms with Gasteiger partial charge >= 0.3 is 6.01 Å². The minimum atomic E-state index is 0.268. The molecule has 0 unspecified atom stereocenters. The van der Waals surface area contributed by atoms with Gasteiger partial charge in [-0.2, -0.15) is 0 Å². The summed E-state index contributed by atoms with van der Waals surface area (Å²) >= 11 is 0. The third-order valence-corrected chi connectivity index (χ3v) is 4.08. The van der Waals surface area contributed by atoms with Gasteiger partial charge in [-0.1, -0.05) is 32.8 Å². The Kier molecular flexibility index (Phi) is 2.45. The van der Waals surface area contributed by atoms with Crippen LogP contribution in [0.2, 0.25) is 0 Å². The van der Waals surface area contributed by atoms with E-state index >= 15 is 0 Å². The first-order chi connectivity index (χ1) is 7.39. The van der Waals surface area contributed by atoms with Crippen molar-refractivity contribution in [3.63, 3.8) is 0 Å². The zero-order chi connectivity index (χ0) is 12.0. The van der Waals surface area contributed by atoms with Gasteiger partial charge in [0.25, 0.3) is 0 Å². The quantitative estimate of drug-likeness (QED) is 0.814. The zero-order valence-corrected chi connectivity index (χ0v) is 10.6. The normalized spacial score (nSPS) is 22.1. The van der Waals surface area contributed by atoms with Gasteiger partial charge in [-0.05, 0) is 17.9 Å². The Balaban J connectivity index is 2.01. The van der Waals surface area contributed by atoms with Crippen LogP contribution in [-0.2, 0) is 6.54 Å². The molecule has 0 saturated heterocycles. The van der Waals surface area contributed by atoms with Crippen molar-refractivity contribution in [1.82, 2.24) is 15.5 Å². The molecule has 0 amide bonds. The SMILES string of the molecule is CNCc1nnc(NC2C(C)(C)C2(C)C)o1. The Bertz CT molecular complexity index is 369. The number of nitrogens with one attached hydrogen (secondary N) is 2. The molecular formula is C11H20N4O. The summed E-state index contributed by atoms with van der Waals surface area (Å²) in [5, 5.41) is 14.2. The van der Waals surface area contributed by atoms with Gasteiger partial charge in [-0.15, -0.1) is 5.10 Å². The predicted molar refractivity (Wildman–Crippen MR) is 62.0 cm³/mol. The maximum absolute atomic E-state index is 5.47. The first-order valence-corrected chi connectivity index (χ1v) is 5.63.